The fourth-order valence-electron chi connectivity index (χ4n) is 8.40. The van der Waals surface area contributed by atoms with Gasteiger partial charge in [0.15, 0.2) is 5.78 Å². The maximum Gasteiger partial charge on any atom is 0.456 e. The van der Waals surface area contributed by atoms with Gasteiger partial charge >= 0.3 is 18.2 Å². The van der Waals surface area contributed by atoms with Gasteiger partial charge in [0.25, 0.3) is 0 Å². The average Bonchev–Trinajstić information content (AvgIpc) is 3.27. The summed E-state index contributed by atoms with van der Waals surface area (Å²) < 4.78 is 90.0. The van der Waals surface area contributed by atoms with Crippen molar-refractivity contribution in [2.75, 3.05) is 5.32 Å². The largest absolute Gasteiger partial charge is 0.456 e. The van der Waals surface area contributed by atoms with Crippen molar-refractivity contribution in [3.63, 3.8) is 0 Å². The van der Waals surface area contributed by atoms with Crippen molar-refractivity contribution in [2.24, 2.45) is 17.3 Å². The molecular weight excluding hydrogens is 600 g/mol. The number of allylic oxidation sites excluding steroid dienone is 4. The molecule has 2 aromatic rings. The first kappa shape index (κ1) is 31.4. The van der Waals surface area contributed by atoms with Crippen LogP contribution in [-0.2, 0) is 16.1 Å². The van der Waals surface area contributed by atoms with Gasteiger partial charge in [-0.1, -0.05) is 36.8 Å². The molecule has 2 saturated carbocycles. The molecule has 2 aromatic carbocycles. The second-order valence-electron chi connectivity index (χ2n) is 12.9. The van der Waals surface area contributed by atoms with Gasteiger partial charge in [0.05, 0.1) is 0 Å². The number of carbonyl (C=O) groups is 2. The van der Waals surface area contributed by atoms with Crippen molar-refractivity contribution in [2.45, 2.75) is 82.1 Å². The fourth-order valence-corrected chi connectivity index (χ4v) is 8.40. The van der Waals surface area contributed by atoms with Crippen LogP contribution in [0.2, 0.25) is 0 Å². The molecule has 45 heavy (non-hydrogen) atoms. The minimum atomic E-state index is -5.91. The van der Waals surface area contributed by atoms with Gasteiger partial charge < -0.3 is 9.84 Å². The van der Waals surface area contributed by atoms with E-state index in [0.29, 0.717) is 42.5 Å². The molecule has 5 atom stereocenters. The van der Waals surface area contributed by atoms with Crippen LogP contribution in [0.1, 0.15) is 68.9 Å². The molecule has 11 heteroatoms. The van der Waals surface area contributed by atoms with E-state index in [-0.39, 0.29) is 31.1 Å². The lowest BCUT2D eigenvalue weighted by Gasteiger charge is -2.56. The summed E-state index contributed by atoms with van der Waals surface area (Å²) in [4.78, 5) is 24.5. The molecule has 240 valence electrons. The zero-order valence-electron chi connectivity index (χ0n) is 24.5. The summed E-state index contributed by atoms with van der Waals surface area (Å²) in [7, 11) is 0. The Hall–Kier alpha value is -3.60. The van der Waals surface area contributed by atoms with Gasteiger partial charge in [0.2, 0.25) is 0 Å². The van der Waals surface area contributed by atoms with Gasteiger partial charge in [-0.05, 0) is 103 Å². The minimum Gasteiger partial charge on any atom is -0.444 e. The smallest absolute Gasteiger partial charge is 0.444 e. The summed E-state index contributed by atoms with van der Waals surface area (Å²) in [6.07, 6.45) is -3.97. The Morgan fingerprint density at radius 3 is 2.36 bits per heavy atom. The monoisotopic (exact) mass is 633 g/mol. The standard InChI is InChI=1S/C34H33F6NO4/c1-31-17-27(20-4-2-19(3-5-20)18-45-30(43)41-23-9-7-22(35)8-10-23)29-25-13-11-24(42)16-21(25)6-12-26(29)28(31)14-15-32(31,44)33(36,37)34(38,39)40/h2-5,7-10,16,26-28,44H,6,11-15,17-18H2,1H3,(H,41,43)/t26?,27-,28?,31+,32+/m1/s1. The number of hydrogen-bond donors (Lipinski definition) is 2. The lowest BCUT2D eigenvalue weighted by molar-refractivity contribution is -0.362. The maximum absolute atomic E-state index is 15.2. The summed E-state index contributed by atoms with van der Waals surface area (Å²) in [6.45, 7) is 1.28. The Morgan fingerprint density at radius 1 is 1.00 bits per heavy atom. The van der Waals surface area contributed by atoms with Crippen molar-refractivity contribution in [1.82, 2.24) is 0 Å². The van der Waals surface area contributed by atoms with Crippen LogP contribution >= 0.6 is 0 Å². The Balaban J connectivity index is 1.31. The summed E-state index contributed by atoms with van der Waals surface area (Å²) in [5, 5.41) is 13.9. The highest BCUT2D eigenvalue weighted by molar-refractivity contribution is 5.93. The van der Waals surface area contributed by atoms with Crippen molar-refractivity contribution in [3.05, 3.63) is 88.3 Å². The molecule has 0 aliphatic heterocycles. The van der Waals surface area contributed by atoms with Crippen LogP contribution in [-0.4, -0.2) is 34.7 Å². The molecule has 0 saturated heterocycles. The third kappa shape index (κ3) is 5.16. The highest BCUT2D eigenvalue weighted by atomic mass is 19.4. The molecule has 2 fully saturated rings. The van der Waals surface area contributed by atoms with Crippen LogP contribution in [0.3, 0.4) is 0 Å². The zero-order chi connectivity index (χ0) is 32.4. The van der Waals surface area contributed by atoms with Crippen molar-refractivity contribution < 1.29 is 45.8 Å². The van der Waals surface area contributed by atoms with Crippen molar-refractivity contribution in [3.8, 4) is 0 Å². The van der Waals surface area contributed by atoms with Gasteiger partial charge in [-0.15, -0.1) is 0 Å². The van der Waals surface area contributed by atoms with Crippen LogP contribution in [0.15, 0.2) is 71.3 Å². The van der Waals surface area contributed by atoms with E-state index in [0.717, 1.165) is 16.7 Å². The molecule has 0 radical (unpaired) electrons. The molecule has 2 N–H and O–H groups in total. The highest BCUT2D eigenvalue weighted by Gasteiger charge is 2.79. The Bertz CT molecular complexity index is 1560. The van der Waals surface area contributed by atoms with Gasteiger partial charge in [-0.3, -0.25) is 10.1 Å². The average molecular weight is 634 g/mol. The third-order valence-corrected chi connectivity index (χ3v) is 10.6. The van der Waals surface area contributed by atoms with Crippen LogP contribution < -0.4 is 5.32 Å². The zero-order valence-corrected chi connectivity index (χ0v) is 24.5. The summed E-state index contributed by atoms with van der Waals surface area (Å²) in [6, 6.07) is 12.0. The van der Waals surface area contributed by atoms with E-state index in [9.17, 15) is 32.3 Å². The normalized spacial score (nSPS) is 29.8. The number of halogens is 6. The number of ketones is 1. The van der Waals surface area contributed by atoms with Gasteiger partial charge in [0, 0.05) is 23.4 Å². The molecule has 0 aromatic heterocycles. The number of aliphatic hydroxyl groups is 1. The number of hydrogen-bond acceptors (Lipinski definition) is 4. The summed E-state index contributed by atoms with van der Waals surface area (Å²) >= 11 is 0. The first-order valence-corrected chi connectivity index (χ1v) is 15.1. The van der Waals surface area contributed by atoms with E-state index in [1.165, 1.54) is 31.2 Å². The number of benzene rings is 2. The second kappa shape index (κ2) is 11.0. The molecule has 1 amide bonds. The number of alkyl halides is 5. The minimum absolute atomic E-state index is 0.0119. The SMILES string of the molecule is C[C@]12C[C@H](c3ccc(COC(=O)Nc4ccc(F)cc4)cc3)C3=C4CCC(=O)C=C4CCC3C1CC[C@@]2(O)C(F)(F)C(F)(F)F. The third-order valence-electron chi connectivity index (χ3n) is 10.6. The molecule has 0 heterocycles. The predicted molar refractivity (Wildman–Crippen MR) is 153 cm³/mol. The van der Waals surface area contributed by atoms with Crippen LogP contribution in [0, 0.1) is 23.1 Å². The molecule has 5 nitrogen and oxygen atoms in total. The molecule has 4 aliphatic carbocycles. The fraction of sp³-hybridized carbons (Fsp3) is 0.471. The number of rotatable bonds is 5. The number of amides is 1. The highest BCUT2D eigenvalue weighted by Crippen LogP contribution is 2.70. The van der Waals surface area contributed by atoms with Crippen LogP contribution in [0.25, 0.3) is 0 Å². The molecule has 6 rings (SSSR count). The van der Waals surface area contributed by atoms with E-state index in [4.69, 9.17) is 4.74 Å². The van der Waals surface area contributed by atoms with Gasteiger partial charge in [0.1, 0.15) is 18.0 Å². The topological polar surface area (TPSA) is 75.6 Å². The molecule has 0 spiro atoms. The van der Waals surface area contributed by atoms with Crippen LogP contribution in [0.4, 0.5) is 36.8 Å². The number of ether oxygens (including phenoxy) is 1. The van der Waals surface area contributed by atoms with E-state index in [1.807, 2.05) is 0 Å². The molecular formula is C34H33F6NO4. The summed E-state index contributed by atoms with van der Waals surface area (Å²) in [5.74, 6) is -7.20. The number of carbonyl (C=O) groups excluding carboxylic acids is 2. The first-order chi connectivity index (χ1) is 21.1. The Kier molecular flexibility index (Phi) is 7.69. The molecule has 4 aliphatic rings. The van der Waals surface area contributed by atoms with E-state index in [1.54, 1.807) is 30.3 Å². The lowest BCUT2D eigenvalue weighted by Crippen LogP contribution is -2.65. The van der Waals surface area contributed by atoms with Gasteiger partial charge in [-0.2, -0.15) is 22.0 Å². The number of anilines is 1. The maximum atomic E-state index is 15.2. The quantitative estimate of drug-likeness (QED) is 0.325. The van der Waals surface area contributed by atoms with Crippen LogP contribution in [0.5, 0.6) is 0 Å². The Morgan fingerprint density at radius 2 is 1.69 bits per heavy atom. The number of nitrogens with one attached hydrogen (secondary N) is 1. The van der Waals surface area contributed by atoms with E-state index in [2.05, 4.69) is 5.32 Å². The van der Waals surface area contributed by atoms with E-state index < -0.39 is 53.3 Å². The van der Waals surface area contributed by atoms with Crippen molar-refractivity contribution in [1.29, 1.82) is 0 Å². The van der Waals surface area contributed by atoms with Gasteiger partial charge in [-0.25, -0.2) is 9.18 Å². The molecule has 0 bridgehead atoms. The van der Waals surface area contributed by atoms with E-state index >= 15 is 8.78 Å². The Labute approximate surface area is 256 Å². The predicted octanol–water partition coefficient (Wildman–Crippen LogP) is 8.40. The molecule has 2 unspecified atom stereocenters. The second-order valence-corrected chi connectivity index (χ2v) is 12.9. The lowest BCUT2D eigenvalue weighted by atomic mass is 9.50. The summed E-state index contributed by atoms with van der Waals surface area (Å²) in [5.41, 5.74) is -0.514. The van der Waals surface area contributed by atoms with Crippen molar-refractivity contribution >= 4 is 17.6 Å². The first-order valence-electron chi connectivity index (χ1n) is 15.1. The number of fused-ring (bicyclic) bond motifs is 4.